The molecule has 2 rings (SSSR count). The van der Waals surface area contributed by atoms with E-state index in [1.165, 1.54) is 18.2 Å². The standard InChI is InChI=1S/C15H11ClF4N2O/c16-9-1-6-13(12(7-9)15(18,19)20)21-8-14(23)22-11-4-2-10(17)3-5-11/h1-7,21H,8H2,(H,22,23). The molecule has 0 saturated heterocycles. The number of alkyl halides is 3. The minimum Gasteiger partial charge on any atom is -0.376 e. The summed E-state index contributed by atoms with van der Waals surface area (Å²) in [4.78, 5) is 11.7. The fourth-order valence-electron chi connectivity index (χ4n) is 1.82. The van der Waals surface area contributed by atoms with Crippen LogP contribution >= 0.6 is 11.6 Å². The molecule has 0 spiro atoms. The molecule has 2 aromatic rings. The number of anilines is 2. The third-order valence-corrected chi connectivity index (χ3v) is 3.09. The summed E-state index contributed by atoms with van der Waals surface area (Å²) in [5.74, 6) is -1.03. The quantitative estimate of drug-likeness (QED) is 0.797. The van der Waals surface area contributed by atoms with Gasteiger partial charge in [0.2, 0.25) is 5.91 Å². The molecule has 0 fully saturated rings. The molecule has 0 aliphatic heterocycles. The molecule has 122 valence electrons. The molecular formula is C15H11ClF4N2O. The Hall–Kier alpha value is -2.28. The SMILES string of the molecule is O=C(CNc1ccc(Cl)cc1C(F)(F)F)Nc1ccc(F)cc1. The molecule has 3 nitrogen and oxygen atoms in total. The van der Waals surface area contributed by atoms with Crippen molar-refractivity contribution >= 4 is 28.9 Å². The first-order chi connectivity index (χ1) is 10.8. The largest absolute Gasteiger partial charge is 0.418 e. The third-order valence-electron chi connectivity index (χ3n) is 2.85. The fraction of sp³-hybridized carbons (Fsp3) is 0.133. The number of benzene rings is 2. The zero-order valence-corrected chi connectivity index (χ0v) is 12.3. The first-order valence-electron chi connectivity index (χ1n) is 6.42. The summed E-state index contributed by atoms with van der Waals surface area (Å²) in [5, 5.41) is 4.79. The first-order valence-corrected chi connectivity index (χ1v) is 6.79. The van der Waals surface area contributed by atoms with Crippen LogP contribution in [0, 0.1) is 5.82 Å². The van der Waals surface area contributed by atoms with E-state index in [0.29, 0.717) is 5.69 Å². The molecule has 0 aliphatic carbocycles. The van der Waals surface area contributed by atoms with Crippen molar-refractivity contribution in [2.75, 3.05) is 17.2 Å². The van der Waals surface area contributed by atoms with Gasteiger partial charge in [0.05, 0.1) is 12.1 Å². The van der Waals surface area contributed by atoms with Crippen LogP contribution in [0.2, 0.25) is 5.02 Å². The van der Waals surface area contributed by atoms with Crippen molar-refractivity contribution in [3.8, 4) is 0 Å². The maximum absolute atomic E-state index is 12.9. The fourth-order valence-corrected chi connectivity index (χ4v) is 1.99. The van der Waals surface area contributed by atoms with Crippen molar-refractivity contribution in [2.24, 2.45) is 0 Å². The predicted molar refractivity (Wildman–Crippen MR) is 80.0 cm³/mol. The summed E-state index contributed by atoms with van der Waals surface area (Å²) >= 11 is 5.57. The average molecular weight is 347 g/mol. The summed E-state index contributed by atoms with van der Waals surface area (Å²) in [6.07, 6.45) is -4.60. The van der Waals surface area contributed by atoms with Crippen molar-refractivity contribution < 1.29 is 22.4 Å². The molecule has 23 heavy (non-hydrogen) atoms. The minimum absolute atomic E-state index is 0.0568. The topological polar surface area (TPSA) is 41.1 Å². The number of amides is 1. The normalized spacial score (nSPS) is 11.2. The van der Waals surface area contributed by atoms with Crippen LogP contribution in [0.3, 0.4) is 0 Å². The van der Waals surface area contributed by atoms with E-state index in [1.54, 1.807) is 0 Å². The van der Waals surface area contributed by atoms with Gasteiger partial charge in [-0.2, -0.15) is 13.2 Å². The second-order valence-corrected chi connectivity index (χ2v) is 5.03. The van der Waals surface area contributed by atoms with Crippen molar-refractivity contribution in [2.45, 2.75) is 6.18 Å². The Morgan fingerprint density at radius 2 is 1.74 bits per heavy atom. The van der Waals surface area contributed by atoms with Crippen LogP contribution in [0.15, 0.2) is 42.5 Å². The highest BCUT2D eigenvalue weighted by atomic mass is 35.5. The molecule has 8 heteroatoms. The Labute approximate surface area is 134 Å². The van der Waals surface area contributed by atoms with Gasteiger partial charge in [-0.05, 0) is 42.5 Å². The second-order valence-electron chi connectivity index (χ2n) is 4.60. The van der Waals surface area contributed by atoms with Gasteiger partial charge in [-0.3, -0.25) is 4.79 Å². The van der Waals surface area contributed by atoms with Gasteiger partial charge in [-0.15, -0.1) is 0 Å². The van der Waals surface area contributed by atoms with Gasteiger partial charge >= 0.3 is 6.18 Å². The summed E-state index contributed by atoms with van der Waals surface area (Å²) in [5.41, 5.74) is -0.874. The van der Waals surface area contributed by atoms with Gasteiger partial charge in [-0.1, -0.05) is 11.6 Å². The minimum atomic E-state index is -4.60. The van der Waals surface area contributed by atoms with E-state index < -0.39 is 23.5 Å². The summed E-state index contributed by atoms with van der Waals surface area (Å²) in [6.45, 7) is -0.387. The van der Waals surface area contributed by atoms with Crippen molar-refractivity contribution in [1.82, 2.24) is 0 Å². The Morgan fingerprint density at radius 3 is 2.35 bits per heavy atom. The number of hydrogen-bond donors (Lipinski definition) is 2. The van der Waals surface area contributed by atoms with E-state index in [0.717, 1.165) is 24.3 Å². The zero-order valence-electron chi connectivity index (χ0n) is 11.5. The molecule has 0 bridgehead atoms. The van der Waals surface area contributed by atoms with E-state index in [1.807, 2.05) is 0 Å². The van der Waals surface area contributed by atoms with E-state index in [2.05, 4.69) is 10.6 Å². The average Bonchev–Trinajstić information content (AvgIpc) is 2.47. The Bertz CT molecular complexity index is 702. The molecule has 1 amide bonds. The Balaban J connectivity index is 2.03. The maximum Gasteiger partial charge on any atom is 0.418 e. The predicted octanol–water partition coefficient (Wildman–Crippen LogP) is 4.55. The zero-order chi connectivity index (χ0) is 17.0. The van der Waals surface area contributed by atoms with Crippen LogP contribution < -0.4 is 10.6 Å². The van der Waals surface area contributed by atoms with Crippen LogP contribution in [0.5, 0.6) is 0 Å². The van der Waals surface area contributed by atoms with Crippen molar-refractivity contribution in [1.29, 1.82) is 0 Å². The maximum atomic E-state index is 12.9. The molecule has 0 radical (unpaired) electrons. The smallest absolute Gasteiger partial charge is 0.376 e. The van der Waals surface area contributed by atoms with E-state index in [-0.39, 0.29) is 17.3 Å². The number of carbonyl (C=O) groups is 1. The lowest BCUT2D eigenvalue weighted by molar-refractivity contribution is -0.137. The lowest BCUT2D eigenvalue weighted by Crippen LogP contribution is -2.23. The Kier molecular flexibility index (Phi) is 5.10. The molecule has 2 aromatic carbocycles. The molecule has 0 aliphatic rings. The lowest BCUT2D eigenvalue weighted by atomic mass is 10.1. The number of rotatable bonds is 4. The highest BCUT2D eigenvalue weighted by Gasteiger charge is 2.33. The van der Waals surface area contributed by atoms with E-state index >= 15 is 0 Å². The van der Waals surface area contributed by atoms with E-state index in [4.69, 9.17) is 11.6 Å². The van der Waals surface area contributed by atoms with E-state index in [9.17, 15) is 22.4 Å². The van der Waals surface area contributed by atoms with Crippen LogP contribution in [0.1, 0.15) is 5.56 Å². The number of nitrogens with one attached hydrogen (secondary N) is 2. The monoisotopic (exact) mass is 346 g/mol. The van der Waals surface area contributed by atoms with Crippen molar-refractivity contribution in [3.63, 3.8) is 0 Å². The summed E-state index contributed by atoms with van der Waals surface area (Å²) in [6, 6.07) is 8.22. The molecule has 0 unspecified atom stereocenters. The van der Waals surface area contributed by atoms with Gasteiger partial charge in [0.25, 0.3) is 0 Å². The van der Waals surface area contributed by atoms with Gasteiger partial charge in [0.1, 0.15) is 5.82 Å². The lowest BCUT2D eigenvalue weighted by Gasteiger charge is -2.15. The number of hydrogen-bond acceptors (Lipinski definition) is 2. The molecule has 2 N–H and O–H groups in total. The van der Waals surface area contributed by atoms with Crippen LogP contribution in [0.25, 0.3) is 0 Å². The van der Waals surface area contributed by atoms with Crippen LogP contribution in [0.4, 0.5) is 28.9 Å². The van der Waals surface area contributed by atoms with Gasteiger partial charge < -0.3 is 10.6 Å². The van der Waals surface area contributed by atoms with Gasteiger partial charge in [0.15, 0.2) is 0 Å². The van der Waals surface area contributed by atoms with Crippen LogP contribution in [-0.2, 0) is 11.0 Å². The number of carbonyl (C=O) groups excluding carboxylic acids is 1. The highest BCUT2D eigenvalue weighted by molar-refractivity contribution is 6.30. The van der Waals surface area contributed by atoms with Crippen molar-refractivity contribution in [3.05, 3.63) is 58.9 Å². The second kappa shape index (κ2) is 6.87. The first kappa shape index (κ1) is 17.1. The Morgan fingerprint density at radius 1 is 1.09 bits per heavy atom. The molecule has 0 aromatic heterocycles. The summed E-state index contributed by atoms with van der Waals surface area (Å²) in [7, 11) is 0. The number of halogens is 5. The van der Waals surface area contributed by atoms with Gasteiger partial charge in [0, 0.05) is 16.4 Å². The molecule has 0 atom stereocenters. The molecular weight excluding hydrogens is 336 g/mol. The van der Waals surface area contributed by atoms with Gasteiger partial charge in [-0.25, -0.2) is 4.39 Å². The highest BCUT2D eigenvalue weighted by Crippen LogP contribution is 2.36. The molecule has 0 saturated carbocycles. The molecule has 0 heterocycles. The third kappa shape index (κ3) is 4.85. The summed E-state index contributed by atoms with van der Waals surface area (Å²) < 4.78 is 51.4. The van der Waals surface area contributed by atoms with Crippen LogP contribution in [-0.4, -0.2) is 12.5 Å².